The molecule has 0 radical (unpaired) electrons. The van der Waals surface area contributed by atoms with Crippen molar-refractivity contribution in [3.05, 3.63) is 29.8 Å². The second kappa shape index (κ2) is 7.67. The van der Waals surface area contributed by atoms with Gasteiger partial charge in [-0.25, -0.2) is 0 Å². The summed E-state index contributed by atoms with van der Waals surface area (Å²) in [5.74, 6) is 1.21. The number of nitrogens with zero attached hydrogens (tertiary/aromatic N) is 1. The summed E-state index contributed by atoms with van der Waals surface area (Å²) in [6.07, 6.45) is 9.75. The molecule has 1 aromatic rings. The van der Waals surface area contributed by atoms with Crippen molar-refractivity contribution >= 4 is 0 Å². The maximum atomic E-state index is 11.5. The Labute approximate surface area is 140 Å². The molecule has 1 saturated carbocycles. The molecule has 128 valence electrons. The zero-order valence-corrected chi connectivity index (χ0v) is 14.5. The van der Waals surface area contributed by atoms with Crippen molar-refractivity contribution < 1.29 is 9.84 Å². The molecule has 0 aromatic heterocycles. The molecule has 0 amide bonds. The predicted molar refractivity (Wildman–Crippen MR) is 93.8 cm³/mol. The van der Waals surface area contributed by atoms with Crippen LogP contribution in [0.3, 0.4) is 0 Å². The number of methoxy groups -OCH3 is 1. The molecule has 1 aliphatic heterocycles. The van der Waals surface area contributed by atoms with Crippen molar-refractivity contribution in [3.63, 3.8) is 0 Å². The van der Waals surface area contributed by atoms with E-state index in [9.17, 15) is 5.11 Å². The Balaban J connectivity index is 1.75. The van der Waals surface area contributed by atoms with Gasteiger partial charge in [-0.15, -0.1) is 0 Å². The lowest BCUT2D eigenvalue weighted by molar-refractivity contribution is -0.0654. The fourth-order valence-electron chi connectivity index (χ4n) is 4.36. The number of hydrogen-bond donors (Lipinski definition) is 1. The normalized spacial score (nSPS) is 29.9. The highest BCUT2D eigenvalue weighted by Crippen LogP contribution is 2.42. The highest BCUT2D eigenvalue weighted by molar-refractivity contribution is 5.31. The van der Waals surface area contributed by atoms with Gasteiger partial charge < -0.3 is 14.7 Å². The summed E-state index contributed by atoms with van der Waals surface area (Å²) in [7, 11) is 1.69. The fourth-order valence-corrected chi connectivity index (χ4v) is 4.36. The van der Waals surface area contributed by atoms with Gasteiger partial charge in [0, 0.05) is 12.5 Å². The van der Waals surface area contributed by atoms with Gasteiger partial charge in [-0.3, -0.25) is 0 Å². The molecule has 2 fully saturated rings. The minimum absolute atomic E-state index is 0.350. The SMILES string of the molecule is COc1ccc(C2(O)CCCCC2CN2CCCCCC2)cc1. The second-order valence-corrected chi connectivity index (χ2v) is 7.31. The lowest BCUT2D eigenvalue weighted by Crippen LogP contribution is -2.44. The lowest BCUT2D eigenvalue weighted by Gasteiger charge is -2.42. The Bertz CT molecular complexity index is 479. The van der Waals surface area contributed by atoms with E-state index in [1.165, 1.54) is 45.2 Å². The molecular weight excluding hydrogens is 286 g/mol. The van der Waals surface area contributed by atoms with E-state index in [2.05, 4.69) is 17.0 Å². The third-order valence-electron chi connectivity index (χ3n) is 5.80. The Morgan fingerprint density at radius 2 is 1.74 bits per heavy atom. The maximum absolute atomic E-state index is 11.5. The van der Waals surface area contributed by atoms with Gasteiger partial charge in [0.2, 0.25) is 0 Å². The predicted octanol–water partition coefficient (Wildman–Crippen LogP) is 3.95. The van der Waals surface area contributed by atoms with Crippen LogP contribution in [0.2, 0.25) is 0 Å². The van der Waals surface area contributed by atoms with E-state index in [1.54, 1.807) is 7.11 Å². The molecule has 1 aromatic carbocycles. The molecule has 1 N–H and O–H groups in total. The van der Waals surface area contributed by atoms with Crippen LogP contribution < -0.4 is 4.74 Å². The zero-order chi connectivity index (χ0) is 16.1. The molecule has 1 saturated heterocycles. The summed E-state index contributed by atoms with van der Waals surface area (Å²) in [5, 5.41) is 11.5. The Morgan fingerprint density at radius 1 is 1.04 bits per heavy atom. The van der Waals surface area contributed by atoms with Crippen LogP contribution in [0.25, 0.3) is 0 Å². The first-order valence-electron chi connectivity index (χ1n) is 9.31. The van der Waals surface area contributed by atoms with E-state index in [-0.39, 0.29) is 0 Å². The molecule has 2 unspecified atom stereocenters. The van der Waals surface area contributed by atoms with E-state index in [1.807, 2.05) is 12.1 Å². The average Bonchev–Trinajstić information content (AvgIpc) is 2.86. The highest BCUT2D eigenvalue weighted by Gasteiger charge is 2.41. The smallest absolute Gasteiger partial charge is 0.118 e. The molecule has 23 heavy (non-hydrogen) atoms. The number of benzene rings is 1. The van der Waals surface area contributed by atoms with Crippen molar-refractivity contribution in [2.45, 2.75) is 57.0 Å². The van der Waals surface area contributed by atoms with Crippen molar-refractivity contribution in [1.29, 1.82) is 0 Å². The van der Waals surface area contributed by atoms with E-state index in [0.29, 0.717) is 5.92 Å². The fraction of sp³-hybridized carbons (Fsp3) is 0.700. The van der Waals surface area contributed by atoms with Crippen molar-refractivity contribution in [2.24, 2.45) is 5.92 Å². The summed E-state index contributed by atoms with van der Waals surface area (Å²) < 4.78 is 5.26. The number of hydrogen-bond acceptors (Lipinski definition) is 3. The van der Waals surface area contributed by atoms with Gasteiger partial charge in [-0.05, 0) is 56.5 Å². The molecule has 3 rings (SSSR count). The average molecular weight is 317 g/mol. The van der Waals surface area contributed by atoms with Gasteiger partial charge in [0.15, 0.2) is 0 Å². The number of ether oxygens (including phenoxy) is 1. The van der Waals surface area contributed by atoms with Crippen LogP contribution in [0.15, 0.2) is 24.3 Å². The van der Waals surface area contributed by atoms with E-state index < -0.39 is 5.60 Å². The monoisotopic (exact) mass is 317 g/mol. The third kappa shape index (κ3) is 3.89. The number of rotatable bonds is 4. The Kier molecular flexibility index (Phi) is 5.60. The van der Waals surface area contributed by atoms with Gasteiger partial charge in [-0.1, -0.05) is 37.8 Å². The Hall–Kier alpha value is -1.06. The molecule has 3 nitrogen and oxygen atoms in total. The van der Waals surface area contributed by atoms with Gasteiger partial charge in [0.1, 0.15) is 5.75 Å². The largest absolute Gasteiger partial charge is 0.497 e. The molecule has 2 aliphatic rings. The van der Waals surface area contributed by atoms with Gasteiger partial charge in [0.25, 0.3) is 0 Å². The molecule has 3 heteroatoms. The van der Waals surface area contributed by atoms with Crippen LogP contribution in [0.5, 0.6) is 5.75 Å². The first kappa shape index (κ1) is 16.8. The van der Waals surface area contributed by atoms with E-state index in [0.717, 1.165) is 37.1 Å². The van der Waals surface area contributed by atoms with Crippen LogP contribution >= 0.6 is 0 Å². The zero-order valence-electron chi connectivity index (χ0n) is 14.5. The molecular formula is C20H31NO2. The third-order valence-corrected chi connectivity index (χ3v) is 5.80. The van der Waals surface area contributed by atoms with Crippen molar-refractivity contribution in [3.8, 4) is 5.75 Å². The summed E-state index contributed by atoms with van der Waals surface area (Å²) >= 11 is 0. The minimum atomic E-state index is -0.670. The molecule has 0 spiro atoms. The lowest BCUT2D eigenvalue weighted by atomic mass is 9.71. The molecule has 1 aliphatic carbocycles. The first-order valence-corrected chi connectivity index (χ1v) is 9.31. The standard InChI is InChI=1S/C20H31NO2/c1-23-19-11-9-17(10-12-19)20(22)13-5-4-8-18(20)16-21-14-6-2-3-7-15-21/h9-12,18,22H,2-8,13-16H2,1H3. The van der Waals surface area contributed by atoms with Crippen LogP contribution in [-0.4, -0.2) is 36.8 Å². The Morgan fingerprint density at radius 3 is 2.39 bits per heavy atom. The van der Waals surface area contributed by atoms with Gasteiger partial charge in [0.05, 0.1) is 12.7 Å². The van der Waals surface area contributed by atoms with Gasteiger partial charge in [-0.2, -0.15) is 0 Å². The highest BCUT2D eigenvalue weighted by atomic mass is 16.5. The first-order chi connectivity index (χ1) is 11.2. The summed E-state index contributed by atoms with van der Waals surface area (Å²) in [6.45, 7) is 3.45. The van der Waals surface area contributed by atoms with Crippen LogP contribution in [0.1, 0.15) is 56.9 Å². The van der Waals surface area contributed by atoms with Crippen molar-refractivity contribution in [1.82, 2.24) is 4.90 Å². The van der Waals surface area contributed by atoms with E-state index >= 15 is 0 Å². The van der Waals surface area contributed by atoms with E-state index in [4.69, 9.17) is 4.74 Å². The number of aliphatic hydroxyl groups is 1. The van der Waals surface area contributed by atoms with Crippen LogP contribution in [0.4, 0.5) is 0 Å². The summed E-state index contributed by atoms with van der Waals surface area (Å²) in [6, 6.07) is 8.06. The minimum Gasteiger partial charge on any atom is -0.497 e. The van der Waals surface area contributed by atoms with Crippen LogP contribution in [-0.2, 0) is 5.60 Å². The summed E-state index contributed by atoms with van der Waals surface area (Å²) in [5.41, 5.74) is 0.398. The van der Waals surface area contributed by atoms with Gasteiger partial charge >= 0.3 is 0 Å². The maximum Gasteiger partial charge on any atom is 0.118 e. The molecule has 1 heterocycles. The molecule has 2 atom stereocenters. The quantitative estimate of drug-likeness (QED) is 0.912. The van der Waals surface area contributed by atoms with Crippen LogP contribution in [0, 0.1) is 5.92 Å². The topological polar surface area (TPSA) is 32.7 Å². The van der Waals surface area contributed by atoms with Crippen molar-refractivity contribution in [2.75, 3.05) is 26.7 Å². The molecule has 0 bridgehead atoms. The number of likely N-dealkylation sites (tertiary alicyclic amines) is 1. The second-order valence-electron chi connectivity index (χ2n) is 7.31. The summed E-state index contributed by atoms with van der Waals surface area (Å²) in [4.78, 5) is 2.59.